The maximum Gasteiger partial charge on any atom is 0.269 e. The highest BCUT2D eigenvalue weighted by Gasteiger charge is 2.11. The van der Waals surface area contributed by atoms with Crippen molar-refractivity contribution in [3.63, 3.8) is 0 Å². The molecule has 0 saturated carbocycles. The Kier molecular flexibility index (Phi) is 4.44. The van der Waals surface area contributed by atoms with E-state index in [0.29, 0.717) is 23.5 Å². The summed E-state index contributed by atoms with van der Waals surface area (Å²) in [5.74, 6) is 0.723. The van der Waals surface area contributed by atoms with Crippen LogP contribution in [0, 0.1) is 17.0 Å². The number of hydrogen-bond donors (Lipinski definition) is 1. The third-order valence-electron chi connectivity index (χ3n) is 2.71. The Bertz CT molecular complexity index is 706. The number of hydrogen-bond acceptors (Lipinski definition) is 6. The SMILES string of the molecule is Cc1nc(Cl)c(C=O)c(NCc2cccc([N+](=O)[O-])c2)n1. The number of benzene rings is 1. The van der Waals surface area contributed by atoms with Crippen molar-refractivity contribution in [2.24, 2.45) is 0 Å². The number of halogens is 1. The summed E-state index contributed by atoms with van der Waals surface area (Å²) in [5, 5.41) is 13.7. The van der Waals surface area contributed by atoms with Crippen LogP contribution in [-0.2, 0) is 6.54 Å². The predicted octanol–water partition coefficient (Wildman–Crippen LogP) is 2.77. The fraction of sp³-hybridized carbons (Fsp3) is 0.154. The van der Waals surface area contributed by atoms with E-state index in [-0.39, 0.29) is 22.9 Å². The summed E-state index contributed by atoms with van der Waals surface area (Å²) in [6, 6.07) is 6.18. The van der Waals surface area contributed by atoms with Crippen LogP contribution in [0.5, 0.6) is 0 Å². The van der Waals surface area contributed by atoms with Gasteiger partial charge in [0.05, 0.1) is 10.5 Å². The first-order valence-corrected chi connectivity index (χ1v) is 6.35. The molecule has 1 aromatic carbocycles. The van der Waals surface area contributed by atoms with Gasteiger partial charge in [0.25, 0.3) is 5.69 Å². The highest BCUT2D eigenvalue weighted by atomic mass is 35.5. The summed E-state index contributed by atoms with van der Waals surface area (Å²) >= 11 is 5.87. The van der Waals surface area contributed by atoms with Crippen molar-refractivity contribution in [2.75, 3.05) is 5.32 Å². The molecule has 0 radical (unpaired) electrons. The van der Waals surface area contributed by atoms with Crippen molar-refractivity contribution < 1.29 is 9.72 Å². The first-order chi connectivity index (χ1) is 10.0. The molecule has 1 N–H and O–H groups in total. The highest BCUT2D eigenvalue weighted by Crippen LogP contribution is 2.20. The van der Waals surface area contributed by atoms with Gasteiger partial charge < -0.3 is 5.32 Å². The molecule has 0 spiro atoms. The van der Waals surface area contributed by atoms with Crippen LogP contribution in [0.4, 0.5) is 11.5 Å². The molecule has 108 valence electrons. The number of aryl methyl sites for hydroxylation is 1. The lowest BCUT2D eigenvalue weighted by molar-refractivity contribution is -0.384. The second-order valence-electron chi connectivity index (χ2n) is 4.22. The predicted molar refractivity (Wildman–Crippen MR) is 77.6 cm³/mol. The Morgan fingerprint density at radius 2 is 2.19 bits per heavy atom. The summed E-state index contributed by atoms with van der Waals surface area (Å²) < 4.78 is 0. The van der Waals surface area contributed by atoms with Crippen molar-refractivity contribution >= 4 is 29.4 Å². The summed E-state index contributed by atoms with van der Waals surface area (Å²) in [4.78, 5) is 29.3. The number of carbonyl (C=O) groups is 1. The van der Waals surface area contributed by atoms with E-state index in [0.717, 1.165) is 0 Å². The van der Waals surface area contributed by atoms with Gasteiger partial charge in [-0.3, -0.25) is 14.9 Å². The Balaban J connectivity index is 2.22. The summed E-state index contributed by atoms with van der Waals surface area (Å²) in [7, 11) is 0. The Hall–Kier alpha value is -2.54. The second kappa shape index (κ2) is 6.27. The van der Waals surface area contributed by atoms with Gasteiger partial charge in [0, 0.05) is 18.7 Å². The Morgan fingerprint density at radius 3 is 2.86 bits per heavy atom. The molecular weight excluding hydrogens is 296 g/mol. The van der Waals surface area contributed by atoms with Crippen molar-refractivity contribution in [3.8, 4) is 0 Å². The van der Waals surface area contributed by atoms with Crippen molar-refractivity contribution in [1.29, 1.82) is 0 Å². The number of carbonyl (C=O) groups excluding carboxylic acids is 1. The van der Waals surface area contributed by atoms with Gasteiger partial charge in [-0.25, -0.2) is 9.97 Å². The molecule has 8 heteroatoms. The zero-order chi connectivity index (χ0) is 15.4. The first-order valence-electron chi connectivity index (χ1n) is 5.98. The largest absolute Gasteiger partial charge is 0.365 e. The summed E-state index contributed by atoms with van der Waals surface area (Å²) in [6.45, 7) is 1.92. The lowest BCUT2D eigenvalue weighted by Gasteiger charge is -2.09. The van der Waals surface area contributed by atoms with Gasteiger partial charge in [0.1, 0.15) is 16.8 Å². The number of nitrogens with one attached hydrogen (secondary N) is 1. The topological polar surface area (TPSA) is 98.0 Å². The first kappa shape index (κ1) is 14.9. The standard InChI is InChI=1S/C13H11ClN4O3/c1-8-16-12(14)11(7-19)13(17-8)15-6-9-3-2-4-10(5-9)18(20)21/h2-5,7H,6H2,1H3,(H,15,16,17). The molecule has 0 aliphatic rings. The normalized spacial score (nSPS) is 10.2. The number of aldehydes is 1. The lowest BCUT2D eigenvalue weighted by Crippen LogP contribution is -2.07. The maximum absolute atomic E-state index is 11.0. The molecule has 0 saturated heterocycles. The molecule has 2 aromatic rings. The van der Waals surface area contributed by atoms with E-state index in [1.54, 1.807) is 19.1 Å². The minimum absolute atomic E-state index is 0.00168. The van der Waals surface area contributed by atoms with Gasteiger partial charge in [-0.15, -0.1) is 0 Å². The van der Waals surface area contributed by atoms with Crippen LogP contribution < -0.4 is 5.32 Å². The molecule has 0 bridgehead atoms. The van der Waals surface area contributed by atoms with E-state index in [4.69, 9.17) is 11.6 Å². The van der Waals surface area contributed by atoms with Crippen LogP contribution >= 0.6 is 11.6 Å². The molecule has 0 aliphatic heterocycles. The molecule has 1 heterocycles. The maximum atomic E-state index is 11.0. The van der Waals surface area contributed by atoms with Gasteiger partial charge in [-0.05, 0) is 12.5 Å². The van der Waals surface area contributed by atoms with Crippen LogP contribution in [0.15, 0.2) is 24.3 Å². The number of nitro benzene ring substituents is 1. The smallest absolute Gasteiger partial charge is 0.269 e. The van der Waals surface area contributed by atoms with Crippen molar-refractivity contribution in [3.05, 3.63) is 56.5 Å². The quantitative estimate of drug-likeness (QED) is 0.395. The fourth-order valence-electron chi connectivity index (χ4n) is 1.75. The monoisotopic (exact) mass is 306 g/mol. The molecule has 1 aromatic heterocycles. The fourth-order valence-corrected chi connectivity index (χ4v) is 2.01. The average Bonchev–Trinajstić information content (AvgIpc) is 2.45. The van der Waals surface area contributed by atoms with E-state index in [1.165, 1.54) is 12.1 Å². The third-order valence-corrected chi connectivity index (χ3v) is 3.00. The Labute approximate surface area is 125 Å². The molecule has 0 amide bonds. The number of non-ortho nitro benzene ring substituents is 1. The molecule has 21 heavy (non-hydrogen) atoms. The van der Waals surface area contributed by atoms with E-state index in [1.807, 2.05) is 0 Å². The third kappa shape index (κ3) is 3.51. The van der Waals surface area contributed by atoms with E-state index < -0.39 is 4.92 Å². The van der Waals surface area contributed by atoms with Gasteiger partial charge in [-0.2, -0.15) is 0 Å². The van der Waals surface area contributed by atoms with Crippen LogP contribution in [0.25, 0.3) is 0 Å². The van der Waals surface area contributed by atoms with Gasteiger partial charge in [0.2, 0.25) is 0 Å². The second-order valence-corrected chi connectivity index (χ2v) is 4.58. The van der Waals surface area contributed by atoms with Crippen LogP contribution in [0.1, 0.15) is 21.7 Å². The van der Waals surface area contributed by atoms with Crippen molar-refractivity contribution in [2.45, 2.75) is 13.5 Å². The summed E-state index contributed by atoms with van der Waals surface area (Å²) in [6.07, 6.45) is 0.567. The van der Waals surface area contributed by atoms with Crippen LogP contribution in [0.3, 0.4) is 0 Å². The molecule has 2 rings (SSSR count). The van der Waals surface area contributed by atoms with Crippen LogP contribution in [-0.4, -0.2) is 21.2 Å². The number of nitrogens with zero attached hydrogens (tertiary/aromatic N) is 3. The lowest BCUT2D eigenvalue weighted by atomic mass is 10.2. The zero-order valence-corrected chi connectivity index (χ0v) is 11.8. The average molecular weight is 307 g/mol. The molecule has 0 fully saturated rings. The van der Waals surface area contributed by atoms with E-state index in [9.17, 15) is 14.9 Å². The molecular formula is C13H11ClN4O3. The molecule has 0 aliphatic carbocycles. The number of rotatable bonds is 5. The molecule has 0 atom stereocenters. The molecule has 7 nitrogen and oxygen atoms in total. The van der Waals surface area contributed by atoms with Crippen LogP contribution in [0.2, 0.25) is 5.15 Å². The minimum atomic E-state index is -0.466. The van der Waals surface area contributed by atoms with E-state index in [2.05, 4.69) is 15.3 Å². The zero-order valence-electron chi connectivity index (χ0n) is 11.0. The van der Waals surface area contributed by atoms with Crippen molar-refractivity contribution in [1.82, 2.24) is 9.97 Å². The molecule has 0 unspecified atom stereocenters. The number of nitro groups is 1. The van der Waals surface area contributed by atoms with Gasteiger partial charge in [-0.1, -0.05) is 23.7 Å². The minimum Gasteiger partial charge on any atom is -0.365 e. The Morgan fingerprint density at radius 1 is 1.43 bits per heavy atom. The van der Waals surface area contributed by atoms with Gasteiger partial charge >= 0.3 is 0 Å². The number of aromatic nitrogens is 2. The van der Waals surface area contributed by atoms with Gasteiger partial charge in [0.15, 0.2) is 6.29 Å². The van der Waals surface area contributed by atoms with E-state index >= 15 is 0 Å². The highest BCUT2D eigenvalue weighted by molar-refractivity contribution is 6.32. The number of anilines is 1. The summed E-state index contributed by atoms with van der Waals surface area (Å²) in [5.41, 5.74) is 0.850.